The van der Waals surface area contributed by atoms with Crippen LogP contribution in [0.5, 0.6) is 0 Å². The van der Waals surface area contributed by atoms with E-state index < -0.39 is 0 Å². The topological polar surface area (TPSA) is 99.8 Å². The Morgan fingerprint density at radius 1 is 1.22 bits per heavy atom. The van der Waals surface area contributed by atoms with E-state index in [-0.39, 0.29) is 23.6 Å². The molecule has 8 heteroatoms. The minimum atomic E-state index is -0.242. The van der Waals surface area contributed by atoms with E-state index in [2.05, 4.69) is 25.8 Å². The molecule has 3 aromatic rings. The second-order valence-electron chi connectivity index (χ2n) is 6.11. The zero-order chi connectivity index (χ0) is 18.8. The van der Waals surface area contributed by atoms with Crippen LogP contribution in [0.25, 0.3) is 11.4 Å². The van der Waals surface area contributed by atoms with Crippen molar-refractivity contribution in [2.45, 2.75) is 23.6 Å². The number of H-pyrrole nitrogens is 1. The standard InChI is InChI=1S/C19H17N5O2S/c1-11-18(25)21-14-9-13(7-8-15(14)27-11)19(26)20-10-16-22-17(24-23-16)12-5-3-2-4-6-12/h2-9,11H,10H2,1H3,(H,20,26)(H,21,25)(H,22,23,24)/t11-/m0/s1. The van der Waals surface area contributed by atoms with Crippen LogP contribution in [-0.4, -0.2) is 32.2 Å². The molecule has 0 radical (unpaired) electrons. The third-order valence-electron chi connectivity index (χ3n) is 4.15. The molecule has 4 rings (SSSR count). The van der Waals surface area contributed by atoms with Crippen molar-refractivity contribution in [2.75, 3.05) is 5.32 Å². The molecule has 0 fully saturated rings. The summed E-state index contributed by atoms with van der Waals surface area (Å²) in [5.41, 5.74) is 2.05. The number of amides is 2. The van der Waals surface area contributed by atoms with Gasteiger partial charge in [0.2, 0.25) is 5.91 Å². The van der Waals surface area contributed by atoms with Crippen LogP contribution >= 0.6 is 11.8 Å². The Kier molecular flexibility index (Phi) is 4.64. The van der Waals surface area contributed by atoms with Gasteiger partial charge in [0.25, 0.3) is 5.91 Å². The third kappa shape index (κ3) is 3.70. The van der Waals surface area contributed by atoms with E-state index in [9.17, 15) is 9.59 Å². The number of aromatic amines is 1. The van der Waals surface area contributed by atoms with Gasteiger partial charge in [-0.2, -0.15) is 5.10 Å². The molecule has 0 aliphatic carbocycles. The number of fused-ring (bicyclic) bond motifs is 1. The predicted molar refractivity (Wildman–Crippen MR) is 103 cm³/mol. The molecule has 0 unspecified atom stereocenters. The van der Waals surface area contributed by atoms with Crippen molar-refractivity contribution >= 4 is 29.3 Å². The van der Waals surface area contributed by atoms with E-state index in [4.69, 9.17) is 0 Å². The highest BCUT2D eigenvalue weighted by molar-refractivity contribution is 8.00. The summed E-state index contributed by atoms with van der Waals surface area (Å²) < 4.78 is 0. The van der Waals surface area contributed by atoms with Gasteiger partial charge < -0.3 is 10.6 Å². The number of hydrogen-bond donors (Lipinski definition) is 3. The van der Waals surface area contributed by atoms with E-state index in [0.717, 1.165) is 10.5 Å². The summed E-state index contributed by atoms with van der Waals surface area (Å²) in [5, 5.41) is 12.5. The fraction of sp³-hybridized carbons (Fsp3) is 0.158. The average molecular weight is 379 g/mol. The molecule has 3 N–H and O–H groups in total. The van der Waals surface area contributed by atoms with Gasteiger partial charge >= 0.3 is 0 Å². The van der Waals surface area contributed by atoms with Crippen molar-refractivity contribution in [3.05, 3.63) is 59.9 Å². The first-order valence-corrected chi connectivity index (χ1v) is 9.34. The summed E-state index contributed by atoms with van der Waals surface area (Å²) in [7, 11) is 0. The Morgan fingerprint density at radius 2 is 2.04 bits per heavy atom. The second kappa shape index (κ2) is 7.24. The zero-order valence-corrected chi connectivity index (χ0v) is 15.3. The number of nitrogens with one attached hydrogen (secondary N) is 3. The van der Waals surface area contributed by atoms with Gasteiger partial charge in [0.05, 0.1) is 17.5 Å². The Labute approximate surface area is 160 Å². The maximum absolute atomic E-state index is 12.4. The summed E-state index contributed by atoms with van der Waals surface area (Å²) in [6, 6.07) is 14.9. The molecular formula is C19H17N5O2S. The van der Waals surface area contributed by atoms with Gasteiger partial charge in [-0.1, -0.05) is 30.3 Å². The minimum Gasteiger partial charge on any atom is -0.345 e. The molecule has 1 aliphatic heterocycles. The number of carbonyl (C=O) groups is 2. The average Bonchev–Trinajstić information content (AvgIpc) is 3.16. The van der Waals surface area contributed by atoms with Crippen LogP contribution in [0.4, 0.5) is 5.69 Å². The van der Waals surface area contributed by atoms with Crippen LogP contribution in [0.1, 0.15) is 23.1 Å². The van der Waals surface area contributed by atoms with Crippen molar-refractivity contribution < 1.29 is 9.59 Å². The van der Waals surface area contributed by atoms with Crippen molar-refractivity contribution in [1.82, 2.24) is 20.5 Å². The minimum absolute atomic E-state index is 0.0554. The lowest BCUT2D eigenvalue weighted by molar-refractivity contribution is -0.115. The highest BCUT2D eigenvalue weighted by atomic mass is 32.2. The summed E-state index contributed by atoms with van der Waals surface area (Å²) in [6.45, 7) is 2.08. The monoisotopic (exact) mass is 379 g/mol. The fourth-order valence-electron chi connectivity index (χ4n) is 2.71. The molecule has 0 bridgehead atoms. The van der Waals surface area contributed by atoms with Crippen molar-refractivity contribution in [1.29, 1.82) is 0 Å². The van der Waals surface area contributed by atoms with Crippen LogP contribution in [0.15, 0.2) is 53.4 Å². The Bertz CT molecular complexity index is 1000. The molecule has 136 valence electrons. The smallest absolute Gasteiger partial charge is 0.251 e. The van der Waals surface area contributed by atoms with E-state index in [1.165, 1.54) is 11.8 Å². The molecule has 0 saturated carbocycles. The predicted octanol–water partition coefficient (Wildman–Crippen LogP) is 2.83. The van der Waals surface area contributed by atoms with Crippen LogP contribution in [0.3, 0.4) is 0 Å². The first-order valence-electron chi connectivity index (χ1n) is 8.46. The molecule has 0 spiro atoms. The molecule has 1 atom stereocenters. The molecule has 1 aromatic heterocycles. The van der Waals surface area contributed by atoms with Gasteiger partial charge in [-0.3, -0.25) is 14.7 Å². The number of carbonyl (C=O) groups excluding carboxylic acids is 2. The van der Waals surface area contributed by atoms with Gasteiger partial charge in [-0.25, -0.2) is 4.98 Å². The van der Waals surface area contributed by atoms with Gasteiger partial charge in [0.1, 0.15) is 5.82 Å². The second-order valence-corrected chi connectivity index (χ2v) is 7.50. The van der Waals surface area contributed by atoms with Gasteiger partial charge in [0, 0.05) is 16.0 Å². The third-order valence-corrected chi connectivity index (χ3v) is 5.33. The Balaban J connectivity index is 1.42. The Hall–Kier alpha value is -3.13. The van der Waals surface area contributed by atoms with Crippen molar-refractivity contribution in [2.24, 2.45) is 0 Å². The lowest BCUT2D eigenvalue weighted by Gasteiger charge is -2.21. The molecule has 0 saturated heterocycles. The first kappa shape index (κ1) is 17.3. The lowest BCUT2D eigenvalue weighted by atomic mass is 10.1. The normalized spacial score (nSPS) is 15.7. The lowest BCUT2D eigenvalue weighted by Crippen LogP contribution is -2.27. The molecule has 7 nitrogen and oxygen atoms in total. The van der Waals surface area contributed by atoms with E-state index in [1.807, 2.05) is 43.3 Å². The molecule has 2 amide bonds. The summed E-state index contributed by atoms with van der Waals surface area (Å²) in [6.07, 6.45) is 0. The highest BCUT2D eigenvalue weighted by Gasteiger charge is 2.23. The van der Waals surface area contributed by atoms with Crippen LogP contribution < -0.4 is 10.6 Å². The van der Waals surface area contributed by atoms with E-state index in [0.29, 0.717) is 22.9 Å². The number of benzene rings is 2. The van der Waals surface area contributed by atoms with Crippen LogP contribution in [0, 0.1) is 0 Å². The van der Waals surface area contributed by atoms with Gasteiger partial charge in [-0.15, -0.1) is 11.8 Å². The molecular weight excluding hydrogens is 362 g/mol. The van der Waals surface area contributed by atoms with Crippen molar-refractivity contribution in [3.63, 3.8) is 0 Å². The number of rotatable bonds is 4. The van der Waals surface area contributed by atoms with Crippen LogP contribution in [0.2, 0.25) is 0 Å². The number of thioether (sulfide) groups is 1. The van der Waals surface area contributed by atoms with Gasteiger partial charge in [-0.05, 0) is 25.1 Å². The van der Waals surface area contributed by atoms with E-state index in [1.54, 1.807) is 12.1 Å². The summed E-state index contributed by atoms with van der Waals surface area (Å²) in [5.74, 6) is 0.855. The SMILES string of the molecule is C[C@@H]1Sc2ccc(C(=O)NCc3nc(-c4ccccc4)n[nH]3)cc2NC1=O. The molecule has 2 heterocycles. The summed E-state index contributed by atoms with van der Waals surface area (Å²) >= 11 is 1.48. The maximum Gasteiger partial charge on any atom is 0.251 e. The summed E-state index contributed by atoms with van der Waals surface area (Å²) in [4.78, 5) is 29.6. The number of nitrogens with zero attached hydrogens (tertiary/aromatic N) is 2. The fourth-order valence-corrected chi connectivity index (χ4v) is 3.64. The van der Waals surface area contributed by atoms with Crippen LogP contribution in [-0.2, 0) is 11.3 Å². The number of hydrogen-bond acceptors (Lipinski definition) is 5. The largest absolute Gasteiger partial charge is 0.345 e. The highest BCUT2D eigenvalue weighted by Crippen LogP contribution is 2.35. The number of aromatic nitrogens is 3. The molecule has 27 heavy (non-hydrogen) atoms. The van der Waals surface area contributed by atoms with E-state index >= 15 is 0 Å². The Morgan fingerprint density at radius 3 is 2.85 bits per heavy atom. The van der Waals surface area contributed by atoms with Gasteiger partial charge in [0.15, 0.2) is 5.82 Å². The number of anilines is 1. The quantitative estimate of drug-likeness (QED) is 0.647. The maximum atomic E-state index is 12.4. The van der Waals surface area contributed by atoms with Crippen molar-refractivity contribution in [3.8, 4) is 11.4 Å². The molecule has 1 aliphatic rings. The first-order chi connectivity index (χ1) is 13.1. The zero-order valence-electron chi connectivity index (χ0n) is 14.5. The molecule has 2 aromatic carbocycles.